The van der Waals surface area contributed by atoms with Crippen molar-refractivity contribution in [2.75, 3.05) is 6.61 Å². The molecule has 0 amide bonds. The van der Waals surface area contributed by atoms with E-state index >= 15 is 0 Å². The maximum absolute atomic E-state index is 7.76. The zero-order valence-corrected chi connectivity index (χ0v) is 11.5. The molecule has 0 N–H and O–H groups in total. The Kier molecular flexibility index (Phi) is 5.57. The van der Waals surface area contributed by atoms with E-state index in [9.17, 15) is 0 Å². The molecule has 0 saturated carbocycles. The Morgan fingerprint density at radius 3 is 2.00 bits per heavy atom. The Labute approximate surface area is 120 Å². The molecule has 18 heavy (non-hydrogen) atoms. The van der Waals surface area contributed by atoms with Crippen molar-refractivity contribution in [1.82, 2.24) is 0 Å². The third-order valence-electron chi connectivity index (χ3n) is 2.97. The summed E-state index contributed by atoms with van der Waals surface area (Å²) in [4.78, 5) is 0. The largest absolute Gasteiger partial charge is 0.494 e. The van der Waals surface area contributed by atoms with E-state index in [4.69, 9.17) is 11.6 Å². The first kappa shape index (κ1) is 9.01. The van der Waals surface area contributed by atoms with Crippen molar-refractivity contribution in [2.45, 2.75) is 64.7 Å². The van der Waals surface area contributed by atoms with Gasteiger partial charge in [-0.1, -0.05) is 76.4 Å². The quantitative estimate of drug-likeness (QED) is 0.467. The lowest BCUT2D eigenvalue weighted by Crippen LogP contribution is -1.96. The van der Waals surface area contributed by atoms with Gasteiger partial charge in [0.05, 0.1) is 13.5 Å². The molecule has 0 bridgehead atoms. The van der Waals surface area contributed by atoms with Gasteiger partial charge in [-0.3, -0.25) is 0 Å². The van der Waals surface area contributed by atoms with Gasteiger partial charge in [0.1, 0.15) is 5.75 Å². The maximum atomic E-state index is 7.76. The molecule has 0 aliphatic carbocycles. The molecule has 1 nitrogen and oxygen atoms in total. The lowest BCUT2D eigenvalue weighted by Gasteiger charge is -2.05. The van der Waals surface area contributed by atoms with Gasteiger partial charge in [0, 0.05) is 0 Å². The number of ether oxygens (including phenoxy) is 1. The van der Waals surface area contributed by atoms with E-state index in [0.717, 1.165) is 19.3 Å². The van der Waals surface area contributed by atoms with Crippen LogP contribution in [-0.2, 0) is 0 Å². The summed E-state index contributed by atoms with van der Waals surface area (Å²) in [5.74, 6) is -0.0319. The molecule has 0 fully saturated rings. The zero-order chi connectivity index (χ0) is 17.2. The highest BCUT2D eigenvalue weighted by Gasteiger charge is 1.93. The Morgan fingerprint density at radius 2 is 1.39 bits per heavy atom. The molecule has 0 heterocycles. The van der Waals surface area contributed by atoms with E-state index in [0.29, 0.717) is 6.61 Å². The van der Waals surface area contributed by atoms with Gasteiger partial charge in [-0.05, 0) is 18.5 Å². The van der Waals surface area contributed by atoms with Gasteiger partial charge in [-0.2, -0.15) is 0 Å². The highest BCUT2D eigenvalue weighted by molar-refractivity contribution is 5.20. The third-order valence-corrected chi connectivity index (χ3v) is 2.97. The Hall–Kier alpha value is -0.980. The summed E-state index contributed by atoms with van der Waals surface area (Å²) in [6.45, 7) is 2.61. The zero-order valence-electron chi connectivity index (χ0n) is 16.5. The van der Waals surface area contributed by atoms with Crippen molar-refractivity contribution in [3.8, 4) is 5.75 Å². The molecular weight excluding hydrogens is 220 g/mol. The van der Waals surface area contributed by atoms with Crippen LogP contribution >= 0.6 is 0 Å². The van der Waals surface area contributed by atoms with Gasteiger partial charge in [0.25, 0.3) is 0 Å². The molecule has 1 aromatic rings. The molecule has 1 aromatic carbocycles. The molecule has 1 heteroatoms. The van der Waals surface area contributed by atoms with Gasteiger partial charge in [0.2, 0.25) is 0 Å². The molecule has 0 aliphatic heterocycles. The van der Waals surface area contributed by atoms with Crippen LogP contribution in [0.15, 0.2) is 30.2 Å². The van der Waals surface area contributed by atoms with E-state index in [1.165, 1.54) is 38.5 Å². The van der Waals surface area contributed by atoms with Crippen LogP contribution in [0.4, 0.5) is 0 Å². The summed E-state index contributed by atoms with van der Waals surface area (Å²) >= 11 is 0. The Morgan fingerprint density at radius 1 is 0.833 bits per heavy atom. The summed E-state index contributed by atoms with van der Waals surface area (Å²) < 4.78 is 43.7. The van der Waals surface area contributed by atoms with Crippen LogP contribution in [0.25, 0.3) is 0 Å². The summed E-state index contributed by atoms with van der Waals surface area (Å²) in [5.41, 5.74) is 0. The summed E-state index contributed by atoms with van der Waals surface area (Å²) in [7, 11) is 0. The topological polar surface area (TPSA) is 9.23 Å². The lowest BCUT2D eigenvalue weighted by atomic mass is 10.1. The van der Waals surface area contributed by atoms with Crippen LogP contribution in [0.3, 0.4) is 0 Å². The minimum Gasteiger partial charge on any atom is -0.494 e. The van der Waals surface area contributed by atoms with Crippen LogP contribution < -0.4 is 4.74 Å². The molecule has 102 valence electrons. The van der Waals surface area contributed by atoms with Crippen molar-refractivity contribution >= 4 is 0 Å². The van der Waals surface area contributed by atoms with Crippen LogP contribution in [0, 0.1) is 0 Å². The maximum Gasteiger partial charge on any atom is 0.119 e. The number of benzene rings is 1. The van der Waals surface area contributed by atoms with Crippen molar-refractivity contribution in [1.29, 1.82) is 0 Å². The molecule has 0 spiro atoms. The van der Waals surface area contributed by atoms with Crippen molar-refractivity contribution in [3.05, 3.63) is 30.2 Å². The molecule has 1 rings (SSSR count). The molecular formula is C17H28O. The van der Waals surface area contributed by atoms with E-state index in [1.54, 1.807) is 0 Å². The fourth-order valence-electron chi connectivity index (χ4n) is 1.90. The monoisotopic (exact) mass is 253 g/mol. The van der Waals surface area contributed by atoms with E-state index in [1.807, 2.05) is 0 Å². The van der Waals surface area contributed by atoms with Crippen LogP contribution in [0.1, 0.15) is 71.6 Å². The fourth-order valence-corrected chi connectivity index (χ4v) is 1.90. The number of para-hydroxylation sites is 1. The summed E-state index contributed by atoms with van der Waals surface area (Å²) in [6.07, 6.45) is 10.8. The lowest BCUT2D eigenvalue weighted by molar-refractivity contribution is 0.304. The van der Waals surface area contributed by atoms with Crippen molar-refractivity contribution in [2.24, 2.45) is 0 Å². The van der Waals surface area contributed by atoms with Gasteiger partial charge < -0.3 is 4.74 Å². The smallest absolute Gasteiger partial charge is 0.119 e. The van der Waals surface area contributed by atoms with E-state index in [-0.39, 0.29) is 36.0 Å². The molecule has 0 unspecified atom stereocenters. The molecule has 0 aromatic heterocycles. The fraction of sp³-hybridized carbons (Fsp3) is 0.647. The highest BCUT2D eigenvalue weighted by Crippen LogP contribution is 2.11. The second-order valence-electron chi connectivity index (χ2n) is 4.63. The average Bonchev–Trinajstić information content (AvgIpc) is 2.55. The standard InChI is InChI=1S/C17H28O/c1-2-3-4-5-6-7-8-9-13-16-18-17-14-11-10-12-15-17/h10-12,14-15H,2-9,13,16H2,1H3/i10D,11D,12D,14D,15D. The van der Waals surface area contributed by atoms with Gasteiger partial charge >= 0.3 is 0 Å². The van der Waals surface area contributed by atoms with Gasteiger partial charge in [0.15, 0.2) is 0 Å². The SMILES string of the molecule is [2H]c1c([2H])c([2H])c(OCCCCCCCCCCC)c([2H])c1[2H]. The van der Waals surface area contributed by atoms with Gasteiger partial charge in [-0.15, -0.1) is 0 Å². The molecule has 0 atom stereocenters. The van der Waals surface area contributed by atoms with Crippen molar-refractivity contribution < 1.29 is 11.6 Å². The predicted molar refractivity (Wildman–Crippen MR) is 79.2 cm³/mol. The highest BCUT2D eigenvalue weighted by atomic mass is 16.5. The van der Waals surface area contributed by atoms with Crippen LogP contribution in [-0.4, -0.2) is 6.61 Å². The average molecular weight is 253 g/mol. The Bertz CT molecular complexity index is 461. The van der Waals surface area contributed by atoms with Crippen molar-refractivity contribution in [3.63, 3.8) is 0 Å². The first-order valence-corrected chi connectivity index (χ1v) is 7.20. The summed E-state index contributed by atoms with van der Waals surface area (Å²) in [6, 6.07) is -1.57. The van der Waals surface area contributed by atoms with Crippen LogP contribution in [0.5, 0.6) is 5.75 Å². The Balaban J connectivity index is 2.27. The van der Waals surface area contributed by atoms with Crippen LogP contribution in [0.2, 0.25) is 0 Å². The second kappa shape index (κ2) is 11.1. The second-order valence-corrected chi connectivity index (χ2v) is 4.63. The molecule has 0 aliphatic rings. The number of unbranched alkanes of at least 4 members (excludes halogenated alkanes) is 8. The number of rotatable bonds is 11. The molecule has 0 radical (unpaired) electrons. The normalized spacial score (nSPS) is 14.4. The minimum atomic E-state index is -0.379. The first-order valence-electron chi connectivity index (χ1n) is 9.70. The minimum absolute atomic E-state index is 0.0319. The predicted octanol–water partition coefficient (Wildman–Crippen LogP) is 5.60. The third kappa shape index (κ3) is 8.16. The van der Waals surface area contributed by atoms with E-state index < -0.39 is 0 Å². The number of hydrogen-bond acceptors (Lipinski definition) is 1. The first-order chi connectivity index (χ1) is 11.0. The number of hydrogen-bond donors (Lipinski definition) is 0. The van der Waals surface area contributed by atoms with E-state index in [2.05, 4.69) is 6.92 Å². The van der Waals surface area contributed by atoms with Gasteiger partial charge in [-0.25, -0.2) is 0 Å². The summed E-state index contributed by atoms with van der Waals surface area (Å²) in [5, 5.41) is 0. The molecule has 0 saturated heterocycles.